The molecule has 2 atom stereocenters. The van der Waals surface area contributed by atoms with Crippen LogP contribution in [0.4, 0.5) is 0 Å². The van der Waals surface area contributed by atoms with Crippen LogP contribution in [0.15, 0.2) is 24.3 Å². The Labute approximate surface area is 127 Å². The minimum absolute atomic E-state index is 0.301. The fourth-order valence-electron chi connectivity index (χ4n) is 3.43. The Morgan fingerprint density at radius 1 is 1.19 bits per heavy atom. The van der Waals surface area contributed by atoms with E-state index in [2.05, 4.69) is 6.92 Å². The van der Waals surface area contributed by atoms with Crippen molar-refractivity contribution in [1.82, 2.24) is 0 Å². The molecule has 1 fully saturated rings. The average Bonchev–Trinajstić information content (AvgIpc) is 2.52. The maximum absolute atomic E-state index is 10.8. The van der Waals surface area contributed by atoms with Crippen LogP contribution in [0, 0.1) is 11.8 Å². The monoisotopic (exact) mass is 290 g/mol. The molecule has 0 heterocycles. The quantitative estimate of drug-likeness (QED) is 0.736. The zero-order valence-corrected chi connectivity index (χ0v) is 12.9. The zero-order chi connectivity index (χ0) is 15.1. The van der Waals surface area contributed by atoms with E-state index in [1.54, 1.807) is 24.3 Å². The molecule has 1 aromatic rings. The molecule has 0 aromatic heterocycles. The van der Waals surface area contributed by atoms with Gasteiger partial charge in [0.1, 0.15) is 5.75 Å². The lowest BCUT2D eigenvalue weighted by atomic mass is 9.76. The second-order valence-corrected chi connectivity index (χ2v) is 6.03. The maximum atomic E-state index is 10.8. The van der Waals surface area contributed by atoms with Crippen molar-refractivity contribution in [2.24, 2.45) is 11.8 Å². The molecule has 0 bridgehead atoms. The summed E-state index contributed by atoms with van der Waals surface area (Å²) in [5.74, 6) is 1.65. The Bertz CT molecular complexity index is 438. The molecule has 1 aliphatic carbocycles. The van der Waals surface area contributed by atoms with Crippen LogP contribution < -0.4 is 4.74 Å². The first kappa shape index (κ1) is 15.9. The molecule has 1 aliphatic rings. The third-order valence-electron chi connectivity index (χ3n) is 4.68. The molecular weight excluding hydrogens is 264 g/mol. The van der Waals surface area contributed by atoms with Crippen LogP contribution >= 0.6 is 0 Å². The van der Waals surface area contributed by atoms with Crippen molar-refractivity contribution >= 4 is 5.97 Å². The first-order valence-corrected chi connectivity index (χ1v) is 8.17. The first-order chi connectivity index (χ1) is 10.2. The van der Waals surface area contributed by atoms with Crippen LogP contribution in [0.5, 0.6) is 5.75 Å². The van der Waals surface area contributed by atoms with Gasteiger partial charge in [-0.15, -0.1) is 0 Å². The second-order valence-electron chi connectivity index (χ2n) is 6.03. The van der Waals surface area contributed by atoms with Crippen LogP contribution in [-0.2, 0) is 0 Å². The van der Waals surface area contributed by atoms with Crippen molar-refractivity contribution < 1.29 is 14.6 Å². The number of rotatable bonds is 7. The van der Waals surface area contributed by atoms with Crippen molar-refractivity contribution in [3.8, 4) is 5.75 Å². The Morgan fingerprint density at radius 2 is 1.86 bits per heavy atom. The lowest BCUT2D eigenvalue weighted by molar-refractivity contribution is 0.0697. The highest BCUT2D eigenvalue weighted by Gasteiger charge is 2.22. The molecule has 21 heavy (non-hydrogen) atoms. The molecule has 1 aromatic carbocycles. The molecule has 0 spiro atoms. The van der Waals surface area contributed by atoms with E-state index in [0.717, 1.165) is 30.6 Å². The van der Waals surface area contributed by atoms with Crippen LogP contribution in [0.1, 0.15) is 62.2 Å². The number of benzene rings is 1. The van der Waals surface area contributed by atoms with Crippen molar-refractivity contribution in [2.45, 2.75) is 51.9 Å². The summed E-state index contributed by atoms with van der Waals surface area (Å²) in [6, 6.07) is 6.65. The molecule has 0 radical (unpaired) electrons. The average molecular weight is 290 g/mol. The van der Waals surface area contributed by atoms with Crippen LogP contribution in [-0.4, -0.2) is 17.7 Å². The summed E-state index contributed by atoms with van der Waals surface area (Å²) in [5.41, 5.74) is 0.301. The van der Waals surface area contributed by atoms with Gasteiger partial charge in [0.2, 0.25) is 0 Å². The summed E-state index contributed by atoms with van der Waals surface area (Å²) in [6.07, 6.45) is 9.22. The third kappa shape index (κ3) is 4.76. The molecular formula is C18H26O3. The van der Waals surface area contributed by atoms with E-state index in [9.17, 15) is 4.79 Å². The molecule has 2 unspecified atom stereocenters. The number of ether oxygens (including phenoxy) is 1. The van der Waals surface area contributed by atoms with Gasteiger partial charge in [0.25, 0.3) is 0 Å². The Kier molecular flexibility index (Phi) is 6.09. The van der Waals surface area contributed by atoms with Gasteiger partial charge in [0.15, 0.2) is 0 Å². The van der Waals surface area contributed by atoms with E-state index in [1.165, 1.54) is 38.5 Å². The predicted molar refractivity (Wildman–Crippen MR) is 83.9 cm³/mol. The van der Waals surface area contributed by atoms with Crippen LogP contribution in [0.25, 0.3) is 0 Å². The number of hydrogen-bond acceptors (Lipinski definition) is 2. The van der Waals surface area contributed by atoms with E-state index < -0.39 is 5.97 Å². The van der Waals surface area contributed by atoms with Crippen LogP contribution in [0.2, 0.25) is 0 Å². The summed E-state index contributed by atoms with van der Waals surface area (Å²) in [4.78, 5) is 10.8. The van der Waals surface area contributed by atoms with Crippen molar-refractivity contribution in [3.63, 3.8) is 0 Å². The largest absolute Gasteiger partial charge is 0.494 e. The molecule has 2 rings (SSSR count). The number of hydrogen-bond donors (Lipinski definition) is 1. The first-order valence-electron chi connectivity index (χ1n) is 8.17. The van der Waals surface area contributed by atoms with E-state index in [0.29, 0.717) is 5.56 Å². The van der Waals surface area contributed by atoms with Gasteiger partial charge < -0.3 is 9.84 Å². The Balaban J connectivity index is 1.70. The molecule has 0 saturated heterocycles. The minimum atomic E-state index is -0.899. The van der Waals surface area contributed by atoms with Gasteiger partial charge in [0.05, 0.1) is 12.2 Å². The number of carbonyl (C=O) groups is 1. The molecule has 0 amide bonds. The lowest BCUT2D eigenvalue weighted by Crippen LogP contribution is -2.19. The van der Waals surface area contributed by atoms with Gasteiger partial charge in [-0.25, -0.2) is 4.79 Å². The highest BCUT2D eigenvalue weighted by molar-refractivity contribution is 5.87. The molecule has 3 heteroatoms. The molecule has 1 N–H and O–H groups in total. The topological polar surface area (TPSA) is 46.5 Å². The molecule has 1 saturated carbocycles. The number of aromatic carboxylic acids is 1. The number of carboxylic acid groups (broad SMARTS) is 1. The van der Waals surface area contributed by atoms with E-state index in [1.807, 2.05) is 0 Å². The highest BCUT2D eigenvalue weighted by atomic mass is 16.5. The van der Waals surface area contributed by atoms with Gasteiger partial charge in [-0.05, 0) is 48.9 Å². The van der Waals surface area contributed by atoms with Crippen molar-refractivity contribution in [3.05, 3.63) is 29.8 Å². The predicted octanol–water partition coefficient (Wildman–Crippen LogP) is 4.76. The summed E-state index contributed by atoms with van der Waals surface area (Å²) in [5, 5.41) is 8.84. The van der Waals surface area contributed by atoms with E-state index in [4.69, 9.17) is 9.84 Å². The summed E-state index contributed by atoms with van der Waals surface area (Å²) >= 11 is 0. The normalized spacial score (nSPS) is 22.0. The minimum Gasteiger partial charge on any atom is -0.494 e. The summed E-state index contributed by atoms with van der Waals surface area (Å²) in [7, 11) is 0. The van der Waals surface area contributed by atoms with Crippen molar-refractivity contribution in [1.29, 1.82) is 0 Å². The molecule has 116 valence electrons. The Morgan fingerprint density at radius 3 is 2.48 bits per heavy atom. The molecule has 3 nitrogen and oxygen atoms in total. The lowest BCUT2D eigenvalue weighted by Gasteiger charge is -2.30. The molecule has 0 aliphatic heterocycles. The van der Waals surface area contributed by atoms with E-state index >= 15 is 0 Å². The highest BCUT2D eigenvalue weighted by Crippen LogP contribution is 2.35. The second kappa shape index (κ2) is 8.06. The van der Waals surface area contributed by atoms with Gasteiger partial charge in [-0.3, -0.25) is 0 Å². The fraction of sp³-hybridized carbons (Fsp3) is 0.611. The van der Waals surface area contributed by atoms with Crippen LogP contribution in [0.3, 0.4) is 0 Å². The fourth-order valence-corrected chi connectivity index (χ4v) is 3.43. The van der Waals surface area contributed by atoms with Crippen molar-refractivity contribution in [2.75, 3.05) is 6.61 Å². The zero-order valence-electron chi connectivity index (χ0n) is 12.9. The van der Waals surface area contributed by atoms with E-state index in [-0.39, 0.29) is 0 Å². The third-order valence-corrected chi connectivity index (χ3v) is 4.68. The summed E-state index contributed by atoms with van der Waals surface area (Å²) in [6.45, 7) is 3.03. The maximum Gasteiger partial charge on any atom is 0.335 e. The smallest absolute Gasteiger partial charge is 0.335 e. The standard InChI is InChI=1S/C18H26O3/c1-2-14-6-3-4-7-15(14)8-5-13-21-17-11-9-16(10-12-17)18(19)20/h9-12,14-15H,2-8,13H2,1H3,(H,19,20). The van der Waals surface area contributed by atoms with Gasteiger partial charge in [-0.1, -0.05) is 39.0 Å². The van der Waals surface area contributed by atoms with Gasteiger partial charge >= 0.3 is 5.97 Å². The Hall–Kier alpha value is -1.51. The summed E-state index contributed by atoms with van der Waals surface area (Å²) < 4.78 is 5.71. The van der Waals surface area contributed by atoms with Gasteiger partial charge in [-0.2, -0.15) is 0 Å². The van der Waals surface area contributed by atoms with Gasteiger partial charge in [0, 0.05) is 0 Å². The number of carboxylic acids is 1. The SMILES string of the molecule is CCC1CCCCC1CCCOc1ccc(C(=O)O)cc1.